The maximum absolute atomic E-state index is 13.5. The van der Waals surface area contributed by atoms with Gasteiger partial charge in [0.05, 0.1) is 70.8 Å². The summed E-state index contributed by atoms with van der Waals surface area (Å²) in [4.78, 5) is 105. The topological polar surface area (TPSA) is 352 Å². The summed E-state index contributed by atoms with van der Waals surface area (Å²) in [6, 6.07) is 93.0. The SMILES string of the molecule is CCC(Cc1ccccc1)C(=O)OCc1ccc(S(C)=O)cc1.CCOC(=O)C(CCS(C)=O)NC.CNC(CCS(C)=O)C(=O)CC(Cc1ccccc1)C(=O)OCc1ccccc1.CNC(Cc1ccccc1)C(=O)OC1c2ccccc2S(=O)c2ccccc21.COCc1ccc(S(C)=O)cc1.COc1ccc(CCC(=O)NC(CCS(C)=O)C(=O)CC(Cc2ccccc2)C(=O)OCc2ccccc2)cc1.[V]. The number of esters is 5. The van der Waals surface area contributed by atoms with Crippen LogP contribution in [-0.4, -0.2) is 187 Å². The quantitative estimate of drug-likeness (QED) is 0.0203. The zero-order valence-electron chi connectivity index (χ0n) is 85.1. The number of hydrogen-bond acceptors (Lipinski definition) is 24. The van der Waals surface area contributed by atoms with Crippen molar-refractivity contribution < 1.29 is 115 Å². The number of benzene rings is 11. The smallest absolute Gasteiger partial charge is 0.324 e. The molecule has 1 heterocycles. The number of carbonyl (C=O) groups is 8. The molecule has 32 heteroatoms. The van der Waals surface area contributed by atoms with E-state index in [9.17, 15) is 63.6 Å². The van der Waals surface area contributed by atoms with Crippen LogP contribution < -0.4 is 26.0 Å². The maximum Gasteiger partial charge on any atom is 0.324 e. The van der Waals surface area contributed by atoms with Gasteiger partial charge in [0.15, 0.2) is 17.7 Å². The molecular formula is C114H138N4O21S6V. The summed E-state index contributed by atoms with van der Waals surface area (Å²) in [5, 5.41) is 11.7. The Morgan fingerprint density at radius 2 is 0.678 bits per heavy atom. The van der Waals surface area contributed by atoms with Crippen LogP contribution in [-0.2, 0) is 209 Å². The molecule has 11 aromatic rings. The Morgan fingerprint density at radius 3 is 1.04 bits per heavy atom. The van der Waals surface area contributed by atoms with E-state index in [4.69, 9.17) is 33.2 Å². The molecule has 1 aliphatic heterocycles. The minimum Gasteiger partial charge on any atom is -0.497 e. The number of rotatable bonds is 49. The van der Waals surface area contributed by atoms with Crippen molar-refractivity contribution in [1.82, 2.24) is 21.3 Å². The number of carbonyl (C=O) groups excluding carboxylic acids is 8. The predicted molar refractivity (Wildman–Crippen MR) is 576 cm³/mol. The molecule has 0 spiro atoms. The van der Waals surface area contributed by atoms with Gasteiger partial charge in [-0.1, -0.05) is 262 Å². The fraction of sp³-hybridized carbons (Fsp3) is 0.351. The molecule has 0 fully saturated rings. The molecule has 1 amide bonds. The number of amides is 1. The molecule has 0 saturated carbocycles. The number of fused-ring (bicyclic) bond motifs is 2. The third kappa shape index (κ3) is 46.0. The van der Waals surface area contributed by atoms with E-state index in [0.29, 0.717) is 79.5 Å². The maximum atomic E-state index is 13.5. The Hall–Kier alpha value is -11.3. The van der Waals surface area contributed by atoms with Gasteiger partial charge in [0, 0.05) is 168 Å². The number of nitrogens with one attached hydrogen (secondary N) is 4. The second-order valence-corrected chi connectivity index (χ2v) is 43.0. The van der Waals surface area contributed by atoms with Gasteiger partial charge in [0.25, 0.3) is 0 Å². The van der Waals surface area contributed by atoms with Gasteiger partial charge in [-0.3, -0.25) is 59.4 Å². The summed E-state index contributed by atoms with van der Waals surface area (Å²) >= 11 is 0. The molecule has 11 aromatic carbocycles. The van der Waals surface area contributed by atoms with Crippen molar-refractivity contribution in [2.75, 3.05) is 90.5 Å². The van der Waals surface area contributed by atoms with E-state index in [1.165, 1.54) is 0 Å². The Morgan fingerprint density at radius 1 is 0.349 bits per heavy atom. The number of aryl methyl sites for hydroxylation is 1. The largest absolute Gasteiger partial charge is 0.497 e. The molecule has 1 radical (unpaired) electrons. The van der Waals surface area contributed by atoms with Crippen LogP contribution in [0.2, 0.25) is 0 Å². The van der Waals surface area contributed by atoms with Crippen molar-refractivity contribution in [3.8, 4) is 5.75 Å². The summed E-state index contributed by atoms with van der Waals surface area (Å²) in [6.45, 7) is 5.30. The Balaban J connectivity index is 0.000000278. The first-order valence-electron chi connectivity index (χ1n) is 47.9. The normalized spacial score (nSPS) is 14.4. The van der Waals surface area contributed by atoms with Crippen LogP contribution in [0.25, 0.3) is 0 Å². The first-order valence-corrected chi connectivity index (χ1v) is 57.3. The zero-order chi connectivity index (χ0) is 105. The van der Waals surface area contributed by atoms with Crippen LogP contribution in [0.15, 0.2) is 323 Å². The Bertz CT molecular complexity index is 5860. The number of methoxy groups -OCH3 is 2. The predicted octanol–water partition coefficient (Wildman–Crippen LogP) is 16.2. The van der Waals surface area contributed by atoms with E-state index in [1.54, 1.807) is 85.7 Å². The molecule has 12 unspecified atom stereocenters. The van der Waals surface area contributed by atoms with E-state index in [2.05, 4.69) is 21.3 Å². The van der Waals surface area contributed by atoms with Gasteiger partial charge >= 0.3 is 29.8 Å². The average molecular weight is 2140 g/mol. The van der Waals surface area contributed by atoms with Gasteiger partial charge < -0.3 is 54.4 Å². The molecule has 1 aliphatic rings. The molecule has 12 rings (SSSR count). The third-order valence-electron chi connectivity index (χ3n) is 23.2. The monoisotopic (exact) mass is 2140 g/mol. The molecule has 12 atom stereocenters. The molecule has 25 nitrogen and oxygen atoms in total. The second-order valence-electron chi connectivity index (χ2n) is 34.1. The van der Waals surface area contributed by atoms with Crippen molar-refractivity contribution in [1.29, 1.82) is 0 Å². The molecule has 0 bridgehead atoms. The average Bonchev–Trinajstić information content (AvgIpc) is 0.755. The van der Waals surface area contributed by atoms with Crippen molar-refractivity contribution in [3.63, 3.8) is 0 Å². The van der Waals surface area contributed by atoms with Gasteiger partial charge in [-0.2, -0.15) is 0 Å². The summed E-state index contributed by atoms with van der Waals surface area (Å²) in [6.07, 6.45) is 12.3. The minimum absolute atomic E-state index is 0. The summed E-state index contributed by atoms with van der Waals surface area (Å²) in [5.74, 6) is -1.66. The van der Waals surface area contributed by atoms with Crippen molar-refractivity contribution >= 4 is 112 Å². The first-order chi connectivity index (χ1) is 70.0. The molecular weight excluding hydrogens is 2000 g/mol. The summed E-state index contributed by atoms with van der Waals surface area (Å²) in [5.41, 5.74) is 10.4. The molecule has 0 aliphatic carbocycles. The van der Waals surface area contributed by atoms with E-state index in [-0.39, 0.29) is 123 Å². The van der Waals surface area contributed by atoms with Crippen LogP contribution in [0.1, 0.15) is 126 Å². The summed E-state index contributed by atoms with van der Waals surface area (Å²) in [7, 11) is 2.31. The summed E-state index contributed by atoms with van der Waals surface area (Å²) < 4.78 is 107. The third-order valence-corrected chi connectivity index (χ3v) is 29.1. The van der Waals surface area contributed by atoms with Gasteiger partial charge in [-0.05, 0) is 184 Å². The van der Waals surface area contributed by atoms with Gasteiger partial charge in [0.1, 0.15) is 37.7 Å². The number of ketones is 2. The van der Waals surface area contributed by atoms with E-state index in [0.717, 1.165) is 83.2 Å². The van der Waals surface area contributed by atoms with Crippen LogP contribution >= 0.6 is 0 Å². The molecule has 0 saturated heterocycles. The fourth-order valence-electron chi connectivity index (χ4n) is 15.1. The van der Waals surface area contributed by atoms with E-state index in [1.807, 2.05) is 298 Å². The number of Topliss-reactive ketones (excluding diaryl/α,β-unsaturated/α-hetero) is 2. The van der Waals surface area contributed by atoms with Crippen molar-refractivity contribution in [3.05, 3.63) is 365 Å². The van der Waals surface area contributed by atoms with Crippen LogP contribution in [0.5, 0.6) is 5.75 Å². The van der Waals surface area contributed by atoms with Crippen molar-refractivity contribution in [2.24, 2.45) is 17.8 Å². The van der Waals surface area contributed by atoms with Crippen LogP contribution in [0.4, 0.5) is 0 Å². The Kier molecular flexibility index (Phi) is 59.0. The molecule has 781 valence electrons. The van der Waals surface area contributed by atoms with E-state index >= 15 is 0 Å². The molecule has 146 heavy (non-hydrogen) atoms. The van der Waals surface area contributed by atoms with Gasteiger partial charge in [-0.15, -0.1) is 0 Å². The van der Waals surface area contributed by atoms with Gasteiger partial charge in [0.2, 0.25) is 5.91 Å². The minimum atomic E-state index is -1.28. The van der Waals surface area contributed by atoms with Crippen molar-refractivity contribution in [2.45, 2.75) is 167 Å². The van der Waals surface area contributed by atoms with E-state index < -0.39 is 107 Å². The van der Waals surface area contributed by atoms with Gasteiger partial charge in [-0.25, -0.2) is 4.21 Å². The molecule has 0 aromatic heterocycles. The van der Waals surface area contributed by atoms with Crippen LogP contribution in [0.3, 0.4) is 0 Å². The number of ether oxygens (including phenoxy) is 7. The standard InChI is InChI=1S/C32H37NO6S.C23H29NO4S.C23H21NO3S.C19H22O3S.C9H12O2S.C8H17NO3S.V/c1-38-28-16-13-24(14-17-28)15-18-31(35)33-29(19-20-40(2)37)30(34)22-27(21-25-9-5-3-6-10-25)32(36)39-23-26-11-7-4-8-12-26;1-24-21(13-14-29(2)27)22(25)16-20(15-18-9-5-3-6-10-18)23(26)28-17-19-11-7-4-8-12-19;1-24-19(15-16-9-3-2-4-10-16)23(25)27-22-17-11-5-7-13-20(17)28(26)21-14-8-6-12-18(21)22;1-3-17(13-15-7-5-4-6-8-15)19(20)22-14-16-9-11-18(12-10-16)23(2)21;1-11-7-8-3-5-9(6-4-8)12(2)10;1-4-12-8(10)7(9-2)5-6-13(3)11;/h3-14,16-17,27,29H,15,18-23H2,1-2H3,(H,33,35);3-12,20-21,24H,13-17H2,1-2H3;2-14,19,22,24H,15H2,1H3;4-12,17H,3,13-14H2,1-2H3;3-6H,7H2,1-2H3;7,9H,4-6H2,1-3H3;. The Labute approximate surface area is 887 Å². The number of hydrogen-bond donors (Lipinski definition) is 4. The molecule has 4 N–H and O–H groups in total. The zero-order valence-corrected chi connectivity index (χ0v) is 91.4. The van der Waals surface area contributed by atoms with Crippen LogP contribution in [0, 0.1) is 17.8 Å². The number of likely N-dealkylation sites (N-methyl/N-ethyl adjacent to an activating group) is 3. The first kappa shape index (κ1) is 123. The second kappa shape index (κ2) is 69.8. The fourth-order valence-corrected chi connectivity index (χ4v) is 19.3.